The molecule has 0 unspecified atom stereocenters. The van der Waals surface area contributed by atoms with E-state index in [-0.39, 0.29) is 0 Å². The zero-order valence-electron chi connectivity index (χ0n) is 12.4. The van der Waals surface area contributed by atoms with Crippen molar-refractivity contribution in [3.8, 4) is 0 Å². The summed E-state index contributed by atoms with van der Waals surface area (Å²) in [7, 11) is 1.99. The average molecular weight is 270 g/mol. The average Bonchev–Trinajstić information content (AvgIpc) is 2.47. The van der Waals surface area contributed by atoms with Crippen LogP contribution in [0, 0.1) is 6.92 Å². The highest BCUT2D eigenvalue weighted by molar-refractivity contribution is 5.57. The summed E-state index contributed by atoms with van der Waals surface area (Å²) in [5.74, 6) is 1.61. The number of aromatic nitrogens is 2. The molecule has 0 aliphatic heterocycles. The molecule has 0 fully saturated rings. The first-order valence-corrected chi connectivity index (χ1v) is 7.09. The van der Waals surface area contributed by atoms with Gasteiger partial charge in [-0.25, -0.2) is 4.98 Å². The van der Waals surface area contributed by atoms with Gasteiger partial charge in [0.25, 0.3) is 0 Å². The molecule has 20 heavy (non-hydrogen) atoms. The van der Waals surface area contributed by atoms with E-state index in [1.807, 2.05) is 43.1 Å². The molecule has 0 bridgehead atoms. The summed E-state index contributed by atoms with van der Waals surface area (Å²) in [6, 6.07) is 12.1. The van der Waals surface area contributed by atoms with Gasteiger partial charge in [0.1, 0.15) is 5.82 Å². The Bertz CT molecular complexity index is 539. The monoisotopic (exact) mass is 270 g/mol. The van der Waals surface area contributed by atoms with Crippen LogP contribution in [0.2, 0.25) is 0 Å². The molecule has 4 heteroatoms. The minimum Gasteiger partial charge on any atom is -0.370 e. The molecule has 1 N–H and O–H groups in total. The van der Waals surface area contributed by atoms with Crippen molar-refractivity contribution in [1.29, 1.82) is 0 Å². The number of hydrogen-bond donors (Lipinski definition) is 1. The lowest BCUT2D eigenvalue weighted by molar-refractivity contribution is 0.829. The molecular weight excluding hydrogens is 248 g/mol. The highest BCUT2D eigenvalue weighted by atomic mass is 15.2. The summed E-state index contributed by atoms with van der Waals surface area (Å²) in [6.45, 7) is 5.12. The fourth-order valence-corrected chi connectivity index (χ4v) is 1.95. The van der Waals surface area contributed by atoms with Crippen LogP contribution in [-0.2, 0) is 0 Å². The summed E-state index contributed by atoms with van der Waals surface area (Å²) in [5, 5.41) is 3.36. The fourth-order valence-electron chi connectivity index (χ4n) is 1.95. The maximum Gasteiger partial charge on any atom is 0.231 e. The number of hydrogen-bond acceptors (Lipinski definition) is 4. The SMILES string of the molecule is CCCCNc1cc(C)nc(N(C)c2ccccc2)n1. The second-order valence-electron chi connectivity index (χ2n) is 4.87. The minimum absolute atomic E-state index is 0.718. The summed E-state index contributed by atoms with van der Waals surface area (Å²) >= 11 is 0. The molecule has 0 saturated carbocycles. The largest absolute Gasteiger partial charge is 0.370 e. The van der Waals surface area contributed by atoms with Crippen molar-refractivity contribution < 1.29 is 0 Å². The predicted octanol–water partition coefficient (Wildman–Crippen LogP) is 3.76. The first-order valence-electron chi connectivity index (χ1n) is 7.09. The number of para-hydroxylation sites is 1. The smallest absolute Gasteiger partial charge is 0.231 e. The molecule has 1 heterocycles. The second kappa shape index (κ2) is 6.89. The molecule has 1 aromatic carbocycles. The van der Waals surface area contributed by atoms with E-state index in [0.29, 0.717) is 0 Å². The highest BCUT2D eigenvalue weighted by Crippen LogP contribution is 2.21. The Kier molecular flexibility index (Phi) is 4.93. The highest BCUT2D eigenvalue weighted by Gasteiger charge is 2.08. The molecule has 106 valence electrons. The Morgan fingerprint density at radius 2 is 1.90 bits per heavy atom. The van der Waals surface area contributed by atoms with Gasteiger partial charge in [0, 0.05) is 31.0 Å². The maximum atomic E-state index is 4.59. The van der Waals surface area contributed by atoms with Crippen molar-refractivity contribution in [1.82, 2.24) is 9.97 Å². The van der Waals surface area contributed by atoms with Gasteiger partial charge in [0.05, 0.1) is 0 Å². The fraction of sp³-hybridized carbons (Fsp3) is 0.375. The molecular formula is C16H22N4. The first-order chi connectivity index (χ1) is 9.70. The number of nitrogens with one attached hydrogen (secondary N) is 1. The van der Waals surface area contributed by atoms with Gasteiger partial charge in [-0.05, 0) is 25.5 Å². The third-order valence-corrected chi connectivity index (χ3v) is 3.12. The van der Waals surface area contributed by atoms with Gasteiger partial charge in [-0.15, -0.1) is 0 Å². The minimum atomic E-state index is 0.718. The summed E-state index contributed by atoms with van der Waals surface area (Å²) < 4.78 is 0. The van der Waals surface area contributed by atoms with Crippen LogP contribution in [-0.4, -0.2) is 23.6 Å². The van der Waals surface area contributed by atoms with Gasteiger partial charge < -0.3 is 10.2 Å². The van der Waals surface area contributed by atoms with E-state index in [4.69, 9.17) is 0 Å². The van der Waals surface area contributed by atoms with Gasteiger partial charge in [0.2, 0.25) is 5.95 Å². The normalized spacial score (nSPS) is 10.3. The molecule has 0 spiro atoms. The Balaban J connectivity index is 2.19. The van der Waals surface area contributed by atoms with Crippen molar-refractivity contribution >= 4 is 17.5 Å². The quantitative estimate of drug-likeness (QED) is 0.811. The molecule has 1 aromatic heterocycles. The summed E-state index contributed by atoms with van der Waals surface area (Å²) in [4.78, 5) is 11.1. The Hall–Kier alpha value is -2.10. The van der Waals surface area contributed by atoms with Crippen molar-refractivity contribution in [2.24, 2.45) is 0 Å². The van der Waals surface area contributed by atoms with Crippen LogP contribution >= 0.6 is 0 Å². The molecule has 0 saturated heterocycles. The van der Waals surface area contributed by atoms with Crippen LogP contribution in [0.3, 0.4) is 0 Å². The standard InChI is InChI=1S/C16H22N4/c1-4-5-11-17-15-12-13(2)18-16(19-15)20(3)14-9-7-6-8-10-14/h6-10,12H,4-5,11H2,1-3H3,(H,17,18,19). The van der Waals surface area contributed by atoms with E-state index in [2.05, 4.69) is 34.3 Å². The van der Waals surface area contributed by atoms with Gasteiger partial charge >= 0.3 is 0 Å². The Morgan fingerprint density at radius 3 is 2.60 bits per heavy atom. The van der Waals surface area contributed by atoms with Gasteiger partial charge in [0.15, 0.2) is 0 Å². The lowest BCUT2D eigenvalue weighted by Gasteiger charge is -2.18. The van der Waals surface area contributed by atoms with Crippen molar-refractivity contribution in [2.45, 2.75) is 26.7 Å². The van der Waals surface area contributed by atoms with E-state index in [9.17, 15) is 0 Å². The van der Waals surface area contributed by atoms with Crippen LogP contribution in [0.5, 0.6) is 0 Å². The lowest BCUT2D eigenvalue weighted by Crippen LogP contribution is -2.15. The molecule has 0 aliphatic rings. The van der Waals surface area contributed by atoms with E-state index in [1.165, 1.54) is 6.42 Å². The van der Waals surface area contributed by atoms with Gasteiger partial charge in [-0.1, -0.05) is 31.5 Å². The van der Waals surface area contributed by atoms with Crippen molar-refractivity contribution in [3.05, 3.63) is 42.1 Å². The topological polar surface area (TPSA) is 41.1 Å². The maximum absolute atomic E-state index is 4.59. The van der Waals surface area contributed by atoms with Gasteiger partial charge in [-0.3, -0.25) is 0 Å². The van der Waals surface area contributed by atoms with Crippen LogP contribution in [0.4, 0.5) is 17.5 Å². The third-order valence-electron chi connectivity index (χ3n) is 3.12. The first kappa shape index (κ1) is 14.3. The molecule has 4 nitrogen and oxygen atoms in total. The number of anilines is 3. The molecule has 0 amide bonds. The molecule has 0 aliphatic carbocycles. The molecule has 2 aromatic rings. The Morgan fingerprint density at radius 1 is 1.15 bits per heavy atom. The molecule has 0 atom stereocenters. The van der Waals surface area contributed by atoms with Crippen LogP contribution in [0.1, 0.15) is 25.5 Å². The predicted molar refractivity (Wildman–Crippen MR) is 84.7 cm³/mol. The summed E-state index contributed by atoms with van der Waals surface area (Å²) in [5.41, 5.74) is 2.05. The zero-order chi connectivity index (χ0) is 14.4. The Labute approximate surface area is 120 Å². The number of benzene rings is 1. The third kappa shape index (κ3) is 3.70. The van der Waals surface area contributed by atoms with E-state index < -0.39 is 0 Å². The summed E-state index contributed by atoms with van der Waals surface area (Å²) in [6.07, 6.45) is 2.32. The molecule has 2 rings (SSSR count). The van der Waals surface area contributed by atoms with Crippen LogP contribution in [0.25, 0.3) is 0 Å². The van der Waals surface area contributed by atoms with Crippen LogP contribution < -0.4 is 10.2 Å². The van der Waals surface area contributed by atoms with Gasteiger partial charge in [-0.2, -0.15) is 4.98 Å². The van der Waals surface area contributed by atoms with Crippen LogP contribution in [0.15, 0.2) is 36.4 Å². The second-order valence-corrected chi connectivity index (χ2v) is 4.87. The number of aryl methyl sites for hydroxylation is 1. The van der Waals surface area contributed by atoms with E-state index in [0.717, 1.165) is 36.1 Å². The number of unbranched alkanes of at least 4 members (excludes halogenated alkanes) is 1. The lowest BCUT2D eigenvalue weighted by atomic mass is 10.3. The number of rotatable bonds is 6. The zero-order valence-corrected chi connectivity index (χ0v) is 12.4. The van der Waals surface area contributed by atoms with E-state index >= 15 is 0 Å². The number of nitrogens with zero attached hydrogens (tertiary/aromatic N) is 3. The molecule has 0 radical (unpaired) electrons. The van der Waals surface area contributed by atoms with E-state index in [1.54, 1.807) is 0 Å². The van der Waals surface area contributed by atoms with Crippen molar-refractivity contribution in [2.75, 3.05) is 23.8 Å². The van der Waals surface area contributed by atoms with Crippen molar-refractivity contribution in [3.63, 3.8) is 0 Å².